The maximum atomic E-state index is 13.2. The summed E-state index contributed by atoms with van der Waals surface area (Å²) in [6.07, 6.45) is 1.29. The van der Waals surface area contributed by atoms with Gasteiger partial charge in [0, 0.05) is 30.0 Å². The van der Waals surface area contributed by atoms with Gasteiger partial charge in [-0.25, -0.2) is 4.79 Å². The molecule has 0 aliphatic carbocycles. The second kappa shape index (κ2) is 10.1. The molecule has 33 heavy (non-hydrogen) atoms. The summed E-state index contributed by atoms with van der Waals surface area (Å²) >= 11 is -1.26. The van der Waals surface area contributed by atoms with Crippen molar-refractivity contribution >= 4 is 28.2 Å². The maximum Gasteiger partial charge on any atom is 0.410 e. The van der Waals surface area contributed by atoms with Crippen LogP contribution in [-0.4, -0.2) is 46.1 Å². The molecule has 1 aliphatic heterocycles. The molecule has 0 aromatic heterocycles. The number of hydrogen-bond acceptors (Lipinski definition) is 5. The molecule has 0 radical (unpaired) electrons. The third-order valence-corrected chi connectivity index (χ3v) is 7.49. The van der Waals surface area contributed by atoms with Crippen molar-refractivity contribution in [1.82, 2.24) is 9.62 Å². The first-order chi connectivity index (χ1) is 15.4. The average Bonchev–Trinajstić information content (AvgIpc) is 2.75. The Morgan fingerprint density at radius 3 is 2.30 bits per heavy atom. The van der Waals surface area contributed by atoms with Crippen LogP contribution in [0, 0.1) is 5.92 Å². The molecule has 182 valence electrons. The Labute approximate surface area is 201 Å². The molecule has 3 rings (SSSR count). The Kier molecular flexibility index (Phi) is 7.87. The topological polar surface area (TPSA) is 73.9 Å². The highest BCUT2D eigenvalue weighted by atomic mass is 32.2. The van der Waals surface area contributed by atoms with Crippen LogP contribution in [0.2, 0.25) is 0 Å². The lowest BCUT2D eigenvalue weighted by molar-refractivity contribution is 0.0171. The van der Waals surface area contributed by atoms with E-state index in [0.717, 1.165) is 34.9 Å². The fraction of sp³-hybridized carbons (Fsp3) is 0.577. The number of benzene rings is 2. The van der Waals surface area contributed by atoms with Crippen LogP contribution in [0.15, 0.2) is 36.4 Å². The summed E-state index contributed by atoms with van der Waals surface area (Å²) in [4.78, 5) is 14.3. The molecule has 7 heteroatoms. The van der Waals surface area contributed by atoms with Gasteiger partial charge >= 0.3 is 6.09 Å². The van der Waals surface area contributed by atoms with Crippen molar-refractivity contribution in [2.45, 2.75) is 70.8 Å². The number of fused-ring (bicyclic) bond motifs is 1. The zero-order valence-corrected chi connectivity index (χ0v) is 21.8. The SMILES string of the molecule is COc1ccc2ccccc2c1C(N[S+]([O-])C(C)(C)C)C1CCN(C(=O)OC(C)(C)C)CC1. The molecule has 1 saturated heterocycles. The van der Waals surface area contributed by atoms with E-state index in [1.54, 1.807) is 12.0 Å². The first-order valence-corrected chi connectivity index (χ1v) is 12.8. The number of carbonyl (C=O) groups is 1. The van der Waals surface area contributed by atoms with Crippen LogP contribution >= 0.6 is 0 Å². The van der Waals surface area contributed by atoms with Gasteiger partial charge in [-0.3, -0.25) is 0 Å². The monoisotopic (exact) mass is 474 g/mol. The summed E-state index contributed by atoms with van der Waals surface area (Å²) in [5.41, 5.74) is 0.515. The van der Waals surface area contributed by atoms with E-state index in [2.05, 4.69) is 22.9 Å². The van der Waals surface area contributed by atoms with Crippen LogP contribution in [0.4, 0.5) is 4.79 Å². The second-order valence-electron chi connectivity index (χ2n) is 10.7. The minimum absolute atomic E-state index is 0.174. The van der Waals surface area contributed by atoms with Gasteiger partial charge in [-0.2, -0.15) is 0 Å². The van der Waals surface area contributed by atoms with Crippen LogP contribution in [0.1, 0.15) is 66.0 Å². The van der Waals surface area contributed by atoms with E-state index in [9.17, 15) is 9.35 Å². The minimum atomic E-state index is -1.26. The van der Waals surface area contributed by atoms with Crippen molar-refractivity contribution in [2.24, 2.45) is 5.92 Å². The Bertz CT molecular complexity index is 959. The number of nitrogens with zero attached hydrogens (tertiary/aromatic N) is 1. The zero-order valence-electron chi connectivity index (χ0n) is 20.9. The highest BCUT2D eigenvalue weighted by molar-refractivity contribution is 7.90. The van der Waals surface area contributed by atoms with Gasteiger partial charge in [0.15, 0.2) is 0 Å². The average molecular weight is 475 g/mol. The third kappa shape index (κ3) is 6.34. The van der Waals surface area contributed by atoms with Crippen molar-refractivity contribution in [3.63, 3.8) is 0 Å². The van der Waals surface area contributed by atoms with E-state index >= 15 is 0 Å². The van der Waals surface area contributed by atoms with Crippen LogP contribution in [-0.2, 0) is 16.1 Å². The molecular formula is C26H38N2O4S. The van der Waals surface area contributed by atoms with Gasteiger partial charge in [0.1, 0.15) is 16.1 Å². The predicted molar refractivity (Wildman–Crippen MR) is 135 cm³/mol. The van der Waals surface area contributed by atoms with E-state index in [4.69, 9.17) is 9.47 Å². The number of piperidine rings is 1. The molecule has 2 unspecified atom stereocenters. The van der Waals surface area contributed by atoms with E-state index < -0.39 is 21.7 Å². The molecule has 2 aromatic carbocycles. The third-order valence-electron chi connectivity index (χ3n) is 5.91. The number of hydrogen-bond donors (Lipinski definition) is 1. The van der Waals surface area contributed by atoms with Crippen LogP contribution in [0.25, 0.3) is 10.8 Å². The number of nitrogens with one attached hydrogen (secondary N) is 1. The van der Waals surface area contributed by atoms with Gasteiger partial charge in [-0.05, 0) is 77.1 Å². The van der Waals surface area contributed by atoms with Crippen molar-refractivity contribution in [3.8, 4) is 5.75 Å². The summed E-state index contributed by atoms with van der Waals surface area (Å²) in [6, 6.07) is 12.1. The molecule has 2 atom stereocenters. The smallest absolute Gasteiger partial charge is 0.410 e. The fourth-order valence-electron chi connectivity index (χ4n) is 4.20. The van der Waals surface area contributed by atoms with Crippen molar-refractivity contribution in [1.29, 1.82) is 0 Å². The Morgan fingerprint density at radius 1 is 1.09 bits per heavy atom. The Morgan fingerprint density at radius 2 is 1.73 bits per heavy atom. The van der Waals surface area contributed by atoms with Crippen LogP contribution in [0.5, 0.6) is 5.75 Å². The lowest BCUT2D eigenvalue weighted by Gasteiger charge is -2.38. The van der Waals surface area contributed by atoms with E-state index in [-0.39, 0.29) is 18.1 Å². The minimum Gasteiger partial charge on any atom is -0.598 e. The molecule has 0 bridgehead atoms. The molecule has 0 saturated carbocycles. The number of carbonyl (C=O) groups excluding carboxylic acids is 1. The molecule has 1 fully saturated rings. The van der Waals surface area contributed by atoms with Gasteiger partial charge in [-0.1, -0.05) is 30.3 Å². The van der Waals surface area contributed by atoms with Gasteiger partial charge in [0.25, 0.3) is 0 Å². The molecule has 0 spiro atoms. The zero-order chi connectivity index (χ0) is 24.4. The lowest BCUT2D eigenvalue weighted by Crippen LogP contribution is -2.47. The van der Waals surface area contributed by atoms with Gasteiger partial charge < -0.3 is 18.9 Å². The number of methoxy groups -OCH3 is 1. The molecule has 1 amide bonds. The van der Waals surface area contributed by atoms with Crippen molar-refractivity contribution < 1.29 is 18.8 Å². The van der Waals surface area contributed by atoms with E-state index in [0.29, 0.717) is 13.1 Å². The number of amides is 1. The fourth-order valence-corrected chi connectivity index (χ4v) is 5.09. The lowest BCUT2D eigenvalue weighted by atomic mass is 9.83. The van der Waals surface area contributed by atoms with Crippen molar-refractivity contribution in [3.05, 3.63) is 42.0 Å². The van der Waals surface area contributed by atoms with E-state index in [1.807, 2.05) is 59.7 Å². The summed E-state index contributed by atoms with van der Waals surface area (Å²) in [5.74, 6) is 0.973. The summed E-state index contributed by atoms with van der Waals surface area (Å²) in [5, 5.41) is 2.21. The molecule has 6 nitrogen and oxygen atoms in total. The van der Waals surface area contributed by atoms with Crippen LogP contribution < -0.4 is 9.46 Å². The summed E-state index contributed by atoms with van der Waals surface area (Å²) in [6.45, 7) is 12.8. The Balaban J connectivity index is 1.93. The van der Waals surface area contributed by atoms with E-state index in [1.165, 1.54) is 0 Å². The first kappa shape index (κ1) is 25.7. The highest BCUT2D eigenvalue weighted by Crippen LogP contribution is 2.41. The largest absolute Gasteiger partial charge is 0.598 e. The highest BCUT2D eigenvalue weighted by Gasteiger charge is 2.38. The second-order valence-corrected chi connectivity index (χ2v) is 12.7. The van der Waals surface area contributed by atoms with Crippen molar-refractivity contribution in [2.75, 3.05) is 20.2 Å². The maximum absolute atomic E-state index is 13.2. The standard InChI is InChI=1S/C26H38N2O4S/c1-25(2,3)32-24(29)28-16-14-19(15-17-28)23(27-33(30)26(4,5)6)22-20-11-9-8-10-18(20)12-13-21(22)31-7/h8-13,19,23,27H,14-17H2,1-7H3. The number of rotatable bonds is 5. The number of ether oxygens (including phenoxy) is 2. The number of likely N-dealkylation sites (tertiary alicyclic amines) is 1. The van der Waals surface area contributed by atoms with Gasteiger partial charge in [0.05, 0.1) is 13.2 Å². The summed E-state index contributed by atoms with van der Waals surface area (Å²) in [7, 11) is 1.68. The normalized spacial score (nSPS) is 17.6. The van der Waals surface area contributed by atoms with Gasteiger partial charge in [0.2, 0.25) is 0 Å². The Hall–Kier alpha value is -1.96. The molecule has 1 aliphatic rings. The van der Waals surface area contributed by atoms with Gasteiger partial charge in [-0.15, -0.1) is 4.72 Å². The molecular weight excluding hydrogens is 436 g/mol. The molecule has 2 aromatic rings. The first-order valence-electron chi connectivity index (χ1n) is 11.6. The van der Waals surface area contributed by atoms with Crippen LogP contribution in [0.3, 0.4) is 0 Å². The quantitative estimate of drug-likeness (QED) is 0.572. The molecule has 1 N–H and O–H groups in total. The summed E-state index contributed by atoms with van der Waals surface area (Å²) < 4.78 is 27.6. The predicted octanol–water partition coefficient (Wildman–Crippen LogP) is 5.59. The molecule has 1 heterocycles.